The van der Waals surface area contributed by atoms with E-state index in [1.807, 2.05) is 0 Å². The van der Waals surface area contributed by atoms with Gasteiger partial charge in [0.15, 0.2) is 5.25 Å². The minimum atomic E-state index is -4.11. The SMILES string of the molecule is CC(C(=O)O)S(=O)(=O)Nc1cccc(Cl)c1-n1cncn1. The van der Waals surface area contributed by atoms with Crippen LogP contribution in [0.25, 0.3) is 5.69 Å². The standard InChI is InChI=1S/C11H11ClN4O4S/c1-7(11(17)18)21(19,20)15-9-4-2-3-8(12)10(9)16-6-13-5-14-16/h2-7,15H,1H3,(H,17,18). The summed E-state index contributed by atoms with van der Waals surface area (Å²) in [5.74, 6) is -1.45. The number of carboxylic acids is 1. The van der Waals surface area contributed by atoms with Crippen molar-refractivity contribution >= 4 is 33.3 Å². The molecule has 1 aromatic carbocycles. The molecular weight excluding hydrogens is 320 g/mol. The van der Waals surface area contributed by atoms with Gasteiger partial charge in [-0.1, -0.05) is 17.7 Å². The van der Waals surface area contributed by atoms with Crippen LogP contribution in [0.2, 0.25) is 5.02 Å². The van der Waals surface area contributed by atoms with Crippen LogP contribution < -0.4 is 4.72 Å². The maximum Gasteiger partial charge on any atom is 0.323 e. The Bertz CT molecular complexity index is 761. The summed E-state index contributed by atoms with van der Waals surface area (Å²) < 4.78 is 27.5. The van der Waals surface area contributed by atoms with Gasteiger partial charge in [-0.3, -0.25) is 9.52 Å². The van der Waals surface area contributed by atoms with Crippen LogP contribution in [0.5, 0.6) is 0 Å². The highest BCUT2D eigenvalue weighted by Gasteiger charge is 2.28. The second-order valence-electron chi connectivity index (χ2n) is 4.10. The molecule has 2 rings (SSSR count). The Morgan fingerprint density at radius 2 is 2.19 bits per heavy atom. The predicted octanol–water partition coefficient (Wildman–Crippen LogP) is 1.14. The molecule has 1 unspecified atom stereocenters. The van der Waals surface area contributed by atoms with E-state index in [0.717, 1.165) is 6.92 Å². The number of halogens is 1. The van der Waals surface area contributed by atoms with Gasteiger partial charge in [0.25, 0.3) is 0 Å². The fourth-order valence-electron chi connectivity index (χ4n) is 1.53. The largest absolute Gasteiger partial charge is 0.480 e. The van der Waals surface area contributed by atoms with Crippen molar-refractivity contribution in [3.8, 4) is 5.69 Å². The molecule has 0 saturated carbocycles. The van der Waals surface area contributed by atoms with Crippen LogP contribution in [0.1, 0.15) is 6.92 Å². The number of carboxylic acid groups (broad SMARTS) is 1. The van der Waals surface area contributed by atoms with Gasteiger partial charge in [0.1, 0.15) is 18.3 Å². The molecule has 0 saturated heterocycles. The molecule has 0 aliphatic heterocycles. The predicted molar refractivity (Wildman–Crippen MR) is 76.0 cm³/mol. The van der Waals surface area contributed by atoms with E-state index in [9.17, 15) is 13.2 Å². The topological polar surface area (TPSA) is 114 Å². The first-order chi connectivity index (χ1) is 9.83. The molecule has 0 aliphatic rings. The highest BCUT2D eigenvalue weighted by atomic mass is 35.5. The zero-order valence-corrected chi connectivity index (χ0v) is 12.3. The lowest BCUT2D eigenvalue weighted by Crippen LogP contribution is -2.32. The first kappa shape index (κ1) is 15.3. The molecule has 0 radical (unpaired) electrons. The molecule has 0 spiro atoms. The minimum absolute atomic E-state index is 0.112. The number of para-hydroxylation sites is 1. The lowest BCUT2D eigenvalue weighted by molar-refractivity contribution is -0.136. The van der Waals surface area contributed by atoms with Crippen molar-refractivity contribution in [3.63, 3.8) is 0 Å². The van der Waals surface area contributed by atoms with Gasteiger partial charge < -0.3 is 5.11 Å². The van der Waals surface area contributed by atoms with E-state index in [4.69, 9.17) is 16.7 Å². The summed E-state index contributed by atoms with van der Waals surface area (Å²) >= 11 is 6.05. The van der Waals surface area contributed by atoms with Gasteiger partial charge in [0, 0.05) is 0 Å². The number of nitrogens with zero attached hydrogens (tertiary/aromatic N) is 3. The first-order valence-electron chi connectivity index (χ1n) is 5.71. The maximum absolute atomic E-state index is 12.0. The van der Waals surface area contributed by atoms with Gasteiger partial charge in [-0.15, -0.1) is 0 Å². The van der Waals surface area contributed by atoms with Crippen molar-refractivity contribution < 1.29 is 18.3 Å². The Balaban J connectivity index is 2.47. The Kier molecular flexibility index (Phi) is 4.14. The van der Waals surface area contributed by atoms with Crippen LogP contribution in [0, 0.1) is 0 Å². The van der Waals surface area contributed by atoms with Crippen LogP contribution >= 0.6 is 11.6 Å². The Labute approximate surface area is 125 Å². The lowest BCUT2D eigenvalue weighted by Gasteiger charge is -2.15. The second kappa shape index (κ2) is 5.70. The van der Waals surface area contributed by atoms with E-state index < -0.39 is 21.2 Å². The number of hydrogen-bond acceptors (Lipinski definition) is 5. The Morgan fingerprint density at radius 1 is 1.48 bits per heavy atom. The molecule has 1 aromatic heterocycles. The van der Waals surface area contributed by atoms with E-state index in [2.05, 4.69) is 14.8 Å². The fourth-order valence-corrected chi connectivity index (χ4v) is 2.70. The van der Waals surface area contributed by atoms with E-state index in [1.165, 1.54) is 29.5 Å². The van der Waals surface area contributed by atoms with Gasteiger partial charge in [-0.05, 0) is 19.1 Å². The molecular formula is C11H11ClN4O4S. The van der Waals surface area contributed by atoms with E-state index in [-0.39, 0.29) is 16.4 Å². The number of anilines is 1. The lowest BCUT2D eigenvalue weighted by atomic mass is 10.3. The molecule has 0 bridgehead atoms. The number of sulfonamides is 1. The van der Waals surface area contributed by atoms with Crippen LogP contribution in [0.4, 0.5) is 5.69 Å². The number of aromatic nitrogens is 3. The van der Waals surface area contributed by atoms with Crippen LogP contribution in [0.3, 0.4) is 0 Å². The summed E-state index contributed by atoms with van der Waals surface area (Å²) in [5.41, 5.74) is 0.374. The van der Waals surface area contributed by atoms with E-state index in [1.54, 1.807) is 6.07 Å². The molecule has 0 fully saturated rings. The average molecular weight is 331 g/mol. The van der Waals surface area contributed by atoms with Crippen molar-refractivity contribution in [2.45, 2.75) is 12.2 Å². The van der Waals surface area contributed by atoms with E-state index >= 15 is 0 Å². The molecule has 2 N–H and O–H groups in total. The summed E-state index contributed by atoms with van der Waals surface area (Å²) in [5, 5.41) is 11.3. The maximum atomic E-state index is 12.0. The van der Waals surface area contributed by atoms with Crippen LogP contribution in [-0.4, -0.2) is 39.5 Å². The zero-order chi connectivity index (χ0) is 15.6. The molecule has 2 aromatic rings. The molecule has 112 valence electrons. The van der Waals surface area contributed by atoms with Crippen LogP contribution in [0.15, 0.2) is 30.9 Å². The fraction of sp³-hybridized carbons (Fsp3) is 0.182. The number of rotatable bonds is 5. The number of hydrogen-bond donors (Lipinski definition) is 2. The average Bonchev–Trinajstić information content (AvgIpc) is 2.91. The third-order valence-electron chi connectivity index (χ3n) is 2.70. The van der Waals surface area contributed by atoms with Crippen LogP contribution in [-0.2, 0) is 14.8 Å². The molecule has 1 atom stereocenters. The third-order valence-corrected chi connectivity index (χ3v) is 4.64. The van der Waals surface area contributed by atoms with Gasteiger partial charge in [0.2, 0.25) is 10.0 Å². The Hall–Kier alpha value is -2.13. The summed E-state index contributed by atoms with van der Waals surface area (Å²) in [6, 6.07) is 4.54. The van der Waals surface area contributed by atoms with Crippen molar-refractivity contribution in [2.24, 2.45) is 0 Å². The smallest absolute Gasteiger partial charge is 0.323 e. The van der Waals surface area contributed by atoms with E-state index in [0.29, 0.717) is 0 Å². The number of benzene rings is 1. The summed E-state index contributed by atoms with van der Waals surface area (Å²) in [6.07, 6.45) is 2.61. The second-order valence-corrected chi connectivity index (χ2v) is 6.51. The molecule has 21 heavy (non-hydrogen) atoms. The molecule has 0 aliphatic carbocycles. The number of nitrogens with one attached hydrogen (secondary N) is 1. The third kappa shape index (κ3) is 3.14. The molecule has 10 heteroatoms. The van der Waals surface area contributed by atoms with Crippen molar-refractivity contribution in [1.29, 1.82) is 0 Å². The van der Waals surface area contributed by atoms with Crippen molar-refractivity contribution in [3.05, 3.63) is 35.9 Å². The van der Waals surface area contributed by atoms with Crippen molar-refractivity contribution in [1.82, 2.24) is 14.8 Å². The summed E-state index contributed by atoms with van der Waals surface area (Å²) in [7, 11) is -4.11. The quantitative estimate of drug-likeness (QED) is 0.849. The van der Waals surface area contributed by atoms with Gasteiger partial charge in [0.05, 0.1) is 10.7 Å². The highest BCUT2D eigenvalue weighted by Crippen LogP contribution is 2.28. The van der Waals surface area contributed by atoms with Gasteiger partial charge >= 0.3 is 5.97 Å². The molecule has 0 amide bonds. The van der Waals surface area contributed by atoms with Crippen molar-refractivity contribution in [2.75, 3.05) is 4.72 Å². The first-order valence-corrected chi connectivity index (χ1v) is 7.63. The number of aliphatic carboxylic acids is 1. The molecule has 1 heterocycles. The zero-order valence-electron chi connectivity index (χ0n) is 10.8. The molecule has 8 nitrogen and oxygen atoms in total. The Morgan fingerprint density at radius 3 is 2.76 bits per heavy atom. The summed E-state index contributed by atoms with van der Waals surface area (Å²) in [4.78, 5) is 14.6. The van der Waals surface area contributed by atoms with Gasteiger partial charge in [-0.2, -0.15) is 5.10 Å². The number of carbonyl (C=O) groups is 1. The monoisotopic (exact) mass is 330 g/mol. The highest BCUT2D eigenvalue weighted by molar-refractivity contribution is 7.94. The van der Waals surface area contributed by atoms with Gasteiger partial charge in [-0.25, -0.2) is 18.1 Å². The minimum Gasteiger partial charge on any atom is -0.480 e. The summed E-state index contributed by atoms with van der Waals surface area (Å²) in [6.45, 7) is 1.07. The normalized spacial score (nSPS) is 12.9.